The van der Waals surface area contributed by atoms with Gasteiger partial charge in [-0.15, -0.1) is 0 Å². The molecule has 26 heavy (non-hydrogen) atoms. The maximum Gasteiger partial charge on any atom is 0.182 e. The first kappa shape index (κ1) is 15.2. The lowest BCUT2D eigenvalue weighted by atomic mass is 9.87. The fraction of sp³-hybridized carbons (Fsp3) is 0.0833. The topological polar surface area (TPSA) is 32.3 Å². The lowest BCUT2D eigenvalue weighted by Gasteiger charge is -2.34. The van der Waals surface area contributed by atoms with Gasteiger partial charge in [0.15, 0.2) is 5.72 Å². The van der Waals surface area contributed by atoms with Crippen LogP contribution in [0.1, 0.15) is 22.3 Å². The number of hydrogen-bond acceptors (Lipinski definition) is 2. The molecule has 3 aromatic carbocycles. The molecular weight excluding hydrogens is 318 g/mol. The minimum Gasteiger partial charge on any atom is -0.364 e. The number of benzene rings is 3. The highest BCUT2D eigenvalue weighted by Crippen LogP contribution is 2.44. The quantitative estimate of drug-likeness (QED) is 0.722. The monoisotopic (exact) mass is 337 g/mol. The third-order valence-corrected chi connectivity index (χ3v) is 5.25. The van der Waals surface area contributed by atoms with Gasteiger partial charge in [-0.25, -0.2) is 0 Å². The first-order valence-corrected chi connectivity index (χ1v) is 8.91. The Morgan fingerprint density at radius 2 is 1.42 bits per heavy atom. The van der Waals surface area contributed by atoms with Crippen molar-refractivity contribution in [1.29, 1.82) is 0 Å². The number of rotatable bonds is 2. The Morgan fingerprint density at radius 1 is 0.769 bits per heavy atom. The van der Waals surface area contributed by atoms with Crippen LogP contribution in [0.3, 0.4) is 0 Å². The van der Waals surface area contributed by atoms with Crippen LogP contribution in [0.2, 0.25) is 0 Å². The van der Waals surface area contributed by atoms with Gasteiger partial charge in [-0.2, -0.15) is 0 Å². The Kier molecular flexibility index (Phi) is 3.34. The van der Waals surface area contributed by atoms with Gasteiger partial charge in [0.2, 0.25) is 0 Å². The minimum absolute atomic E-state index is 0.837. The zero-order valence-corrected chi connectivity index (χ0v) is 14.3. The molecule has 2 nitrogen and oxygen atoms in total. The van der Waals surface area contributed by atoms with Crippen LogP contribution in [0, 0.1) is 0 Å². The molecule has 5 rings (SSSR count). The molecule has 2 N–H and O–H groups in total. The first-order valence-electron chi connectivity index (χ1n) is 8.91. The molecule has 0 spiro atoms. The average Bonchev–Trinajstić information content (AvgIpc) is 3.07. The van der Waals surface area contributed by atoms with Crippen molar-refractivity contribution in [2.75, 3.05) is 0 Å². The molecule has 1 atom stereocenters. The summed E-state index contributed by atoms with van der Waals surface area (Å²) >= 11 is 0. The highest BCUT2D eigenvalue weighted by molar-refractivity contribution is 5.95. The Morgan fingerprint density at radius 3 is 2.19 bits per heavy atom. The molecular formula is C24H19NO. The average molecular weight is 337 g/mol. The summed E-state index contributed by atoms with van der Waals surface area (Å²) in [6, 6.07) is 28.5. The van der Waals surface area contributed by atoms with Crippen LogP contribution in [0.25, 0.3) is 11.3 Å². The largest absolute Gasteiger partial charge is 0.364 e. The predicted octanol–water partition coefficient (Wildman–Crippen LogP) is 4.49. The van der Waals surface area contributed by atoms with Gasteiger partial charge in [-0.1, -0.05) is 84.9 Å². The van der Waals surface area contributed by atoms with Crippen molar-refractivity contribution in [3.05, 3.63) is 119 Å². The van der Waals surface area contributed by atoms with E-state index in [4.69, 9.17) is 0 Å². The van der Waals surface area contributed by atoms with E-state index >= 15 is 0 Å². The second kappa shape index (κ2) is 5.72. The summed E-state index contributed by atoms with van der Waals surface area (Å²) in [5.41, 5.74) is 6.59. The lowest BCUT2D eigenvalue weighted by molar-refractivity contribution is 0.0694. The normalized spacial score (nSPS) is 20.9. The Balaban J connectivity index is 1.72. The molecule has 0 aromatic heterocycles. The molecule has 1 unspecified atom stereocenters. The zero-order chi connectivity index (χ0) is 17.6. The molecule has 1 aliphatic heterocycles. The number of allylic oxidation sites excluding steroid dienone is 2. The molecule has 0 fully saturated rings. The van der Waals surface area contributed by atoms with Crippen LogP contribution in [0.15, 0.2) is 96.6 Å². The van der Waals surface area contributed by atoms with Crippen molar-refractivity contribution >= 4 is 11.3 Å². The van der Waals surface area contributed by atoms with Crippen LogP contribution >= 0.6 is 0 Å². The van der Waals surface area contributed by atoms with Crippen molar-refractivity contribution < 1.29 is 5.11 Å². The molecule has 3 aromatic rings. The fourth-order valence-electron chi connectivity index (χ4n) is 3.98. The molecule has 126 valence electrons. The molecule has 0 saturated carbocycles. The third kappa shape index (κ3) is 2.31. The summed E-state index contributed by atoms with van der Waals surface area (Å²) < 4.78 is 0. The Labute approximate surface area is 153 Å². The summed E-state index contributed by atoms with van der Waals surface area (Å²) in [7, 11) is 0. The molecule has 0 radical (unpaired) electrons. The SMILES string of the molecule is OC1(c2ccccc2)C=C(c2ccccc2)C2=C(N1)c1ccccc1C2. The fourth-order valence-corrected chi connectivity index (χ4v) is 3.98. The van der Waals surface area contributed by atoms with E-state index in [1.54, 1.807) is 0 Å². The second-order valence-electron chi connectivity index (χ2n) is 6.87. The minimum atomic E-state index is -1.23. The highest BCUT2D eigenvalue weighted by Gasteiger charge is 2.37. The summed E-state index contributed by atoms with van der Waals surface area (Å²) in [6.45, 7) is 0. The van der Waals surface area contributed by atoms with Gasteiger partial charge in [0.05, 0.1) is 0 Å². The molecule has 0 amide bonds. The maximum absolute atomic E-state index is 11.5. The van der Waals surface area contributed by atoms with Gasteiger partial charge in [0.1, 0.15) is 0 Å². The van der Waals surface area contributed by atoms with Crippen molar-refractivity contribution in [1.82, 2.24) is 5.32 Å². The Bertz CT molecular complexity index is 1030. The summed E-state index contributed by atoms with van der Waals surface area (Å²) in [5.74, 6) is 0. The lowest BCUT2D eigenvalue weighted by Crippen LogP contribution is -2.41. The van der Waals surface area contributed by atoms with Gasteiger partial charge in [-0.3, -0.25) is 0 Å². The molecule has 0 saturated heterocycles. The number of aliphatic hydroxyl groups is 1. The first-order chi connectivity index (χ1) is 12.7. The van der Waals surface area contributed by atoms with Crippen molar-refractivity contribution in [2.24, 2.45) is 0 Å². The van der Waals surface area contributed by atoms with Gasteiger partial charge < -0.3 is 10.4 Å². The van der Waals surface area contributed by atoms with Crippen LogP contribution in [-0.2, 0) is 12.1 Å². The van der Waals surface area contributed by atoms with E-state index in [0.29, 0.717) is 0 Å². The third-order valence-electron chi connectivity index (χ3n) is 5.25. The van der Waals surface area contributed by atoms with Crippen LogP contribution in [-0.4, -0.2) is 5.11 Å². The smallest absolute Gasteiger partial charge is 0.182 e. The number of hydrogen-bond donors (Lipinski definition) is 2. The predicted molar refractivity (Wildman–Crippen MR) is 105 cm³/mol. The molecule has 0 bridgehead atoms. The second-order valence-corrected chi connectivity index (χ2v) is 6.87. The van der Waals surface area contributed by atoms with Crippen molar-refractivity contribution in [3.8, 4) is 0 Å². The molecule has 1 heterocycles. The maximum atomic E-state index is 11.5. The summed E-state index contributed by atoms with van der Waals surface area (Å²) in [6.07, 6.45) is 2.84. The van der Waals surface area contributed by atoms with E-state index in [1.165, 1.54) is 16.7 Å². The van der Waals surface area contributed by atoms with Crippen LogP contribution < -0.4 is 5.32 Å². The van der Waals surface area contributed by atoms with E-state index in [2.05, 4.69) is 41.7 Å². The van der Waals surface area contributed by atoms with Crippen LogP contribution in [0.4, 0.5) is 0 Å². The Hall–Kier alpha value is -3.10. The van der Waals surface area contributed by atoms with Crippen molar-refractivity contribution in [3.63, 3.8) is 0 Å². The highest BCUT2D eigenvalue weighted by atomic mass is 16.3. The molecule has 1 aliphatic carbocycles. The number of fused-ring (bicyclic) bond motifs is 2. The summed E-state index contributed by atoms with van der Waals surface area (Å²) in [4.78, 5) is 0. The van der Waals surface area contributed by atoms with Gasteiger partial charge >= 0.3 is 0 Å². The van der Waals surface area contributed by atoms with Gasteiger partial charge in [0.25, 0.3) is 0 Å². The van der Waals surface area contributed by atoms with Crippen molar-refractivity contribution in [2.45, 2.75) is 12.1 Å². The molecule has 2 heteroatoms. The van der Waals surface area contributed by atoms with E-state index < -0.39 is 5.72 Å². The zero-order valence-electron chi connectivity index (χ0n) is 14.3. The van der Waals surface area contributed by atoms with E-state index in [9.17, 15) is 5.11 Å². The molecule has 2 aliphatic rings. The number of nitrogens with one attached hydrogen (secondary N) is 1. The van der Waals surface area contributed by atoms with E-state index in [0.717, 1.165) is 28.8 Å². The number of dihydropyridines is 1. The van der Waals surface area contributed by atoms with Gasteiger partial charge in [-0.05, 0) is 28.3 Å². The van der Waals surface area contributed by atoms with E-state index in [1.807, 2.05) is 54.6 Å². The van der Waals surface area contributed by atoms with Gasteiger partial charge in [0, 0.05) is 23.2 Å². The van der Waals surface area contributed by atoms with E-state index in [-0.39, 0.29) is 0 Å². The summed E-state index contributed by atoms with van der Waals surface area (Å²) in [5, 5.41) is 14.9. The van der Waals surface area contributed by atoms with Crippen LogP contribution in [0.5, 0.6) is 0 Å². The standard InChI is InChI=1S/C24H19NO/c26-24(19-12-5-2-6-13-19)16-22(17-9-3-1-4-10-17)21-15-18-11-7-8-14-20(18)23(21)25-24/h1-14,16,25-26H,15H2.